The molecule has 4 rings (SSSR count). The zero-order chi connectivity index (χ0) is 23.6. The maximum Gasteiger partial charge on any atom is 0.270 e. The van der Waals surface area contributed by atoms with Crippen LogP contribution in [0.5, 0.6) is 0 Å². The van der Waals surface area contributed by atoms with E-state index in [1.165, 1.54) is 5.56 Å². The summed E-state index contributed by atoms with van der Waals surface area (Å²) in [6.07, 6.45) is 3.53. The van der Waals surface area contributed by atoms with Crippen molar-refractivity contribution in [3.63, 3.8) is 0 Å². The molecule has 33 heavy (non-hydrogen) atoms. The fourth-order valence-electron chi connectivity index (χ4n) is 4.86. The molecule has 1 aromatic carbocycles. The Labute approximate surface area is 197 Å². The zero-order valence-corrected chi connectivity index (χ0v) is 20.8. The van der Waals surface area contributed by atoms with Crippen molar-refractivity contribution in [3.8, 4) is 0 Å². The van der Waals surface area contributed by atoms with Crippen LogP contribution in [0.25, 0.3) is 0 Å². The minimum absolute atomic E-state index is 0.0804. The molecule has 1 N–H and O–H groups in total. The smallest absolute Gasteiger partial charge is 0.270 e. The minimum atomic E-state index is -3.70. The van der Waals surface area contributed by atoms with Gasteiger partial charge >= 0.3 is 0 Å². The van der Waals surface area contributed by atoms with E-state index < -0.39 is 10.0 Å². The number of hydrogen-bond donors (Lipinski definition) is 1. The summed E-state index contributed by atoms with van der Waals surface area (Å²) in [6, 6.07) is 11.8. The monoisotopic (exact) mass is 472 g/mol. The van der Waals surface area contributed by atoms with Crippen molar-refractivity contribution in [1.82, 2.24) is 19.1 Å². The highest BCUT2D eigenvalue weighted by Gasteiger charge is 2.30. The predicted molar refractivity (Wildman–Crippen MR) is 130 cm³/mol. The summed E-state index contributed by atoms with van der Waals surface area (Å²) < 4.78 is 31.1. The molecule has 2 saturated heterocycles. The third-order valence-corrected chi connectivity index (χ3v) is 8.86. The lowest BCUT2D eigenvalue weighted by Crippen LogP contribution is -2.44. The van der Waals surface area contributed by atoms with Crippen LogP contribution in [-0.2, 0) is 23.6 Å². The number of carbonyl (C=O) groups excluding carboxylic acids is 1. The molecule has 8 heteroatoms. The number of aromatic nitrogens is 1. The first-order valence-electron chi connectivity index (χ1n) is 12.0. The molecule has 2 fully saturated rings. The Morgan fingerprint density at radius 2 is 1.67 bits per heavy atom. The summed E-state index contributed by atoms with van der Waals surface area (Å²) >= 11 is 0. The molecule has 2 aliphatic rings. The molecule has 180 valence electrons. The first-order valence-corrected chi connectivity index (χ1v) is 13.5. The lowest BCUT2D eigenvalue weighted by Gasteiger charge is -2.32. The predicted octanol–water partition coefficient (Wildman–Crippen LogP) is 3.15. The average Bonchev–Trinajstić information content (AvgIpc) is 3.11. The first kappa shape index (κ1) is 24.0. The molecule has 0 saturated carbocycles. The summed E-state index contributed by atoms with van der Waals surface area (Å²) in [5.41, 5.74) is 2.31. The molecular weight excluding hydrogens is 436 g/mol. The Morgan fingerprint density at radius 1 is 1.03 bits per heavy atom. The Morgan fingerprint density at radius 3 is 2.30 bits per heavy atom. The topological polar surface area (TPSA) is 74.7 Å². The summed E-state index contributed by atoms with van der Waals surface area (Å²) in [6.45, 7) is 8.03. The number of likely N-dealkylation sites (tertiary alicyclic amines) is 2. The number of carbonyl (C=O) groups is 1. The van der Waals surface area contributed by atoms with Crippen LogP contribution >= 0.6 is 0 Å². The third-order valence-electron chi connectivity index (χ3n) is 7.23. The van der Waals surface area contributed by atoms with Crippen molar-refractivity contribution in [2.45, 2.75) is 57.0 Å². The zero-order valence-electron chi connectivity index (χ0n) is 20.0. The van der Waals surface area contributed by atoms with Crippen LogP contribution in [0.1, 0.15) is 54.4 Å². The van der Waals surface area contributed by atoms with Crippen molar-refractivity contribution in [3.05, 3.63) is 53.3 Å². The van der Waals surface area contributed by atoms with Gasteiger partial charge in [0.2, 0.25) is 10.0 Å². The second-order valence-electron chi connectivity index (χ2n) is 9.67. The summed E-state index contributed by atoms with van der Waals surface area (Å²) in [4.78, 5) is 17.5. The maximum absolute atomic E-state index is 13.2. The summed E-state index contributed by atoms with van der Waals surface area (Å²) in [5, 5.41) is 0. The van der Waals surface area contributed by atoms with E-state index in [2.05, 4.69) is 28.7 Å². The SMILES string of the molecule is Cc1c(S(=O)(=O)NC2CCN(Cc3ccccc3)CC2)cc(C(=O)N2CCC(C)CC2)n1C. The van der Waals surface area contributed by atoms with Crippen molar-refractivity contribution >= 4 is 15.9 Å². The third kappa shape index (κ3) is 5.50. The van der Waals surface area contributed by atoms with E-state index in [4.69, 9.17) is 0 Å². The molecule has 1 aromatic heterocycles. The van der Waals surface area contributed by atoms with Gasteiger partial charge in [0.15, 0.2) is 0 Å². The molecule has 0 bridgehead atoms. The van der Waals surface area contributed by atoms with Crippen molar-refractivity contribution in [2.75, 3.05) is 26.2 Å². The second kappa shape index (κ2) is 9.99. The van der Waals surface area contributed by atoms with Crippen LogP contribution in [0, 0.1) is 12.8 Å². The largest absolute Gasteiger partial charge is 0.343 e. The van der Waals surface area contributed by atoms with E-state index in [0.29, 0.717) is 17.3 Å². The summed E-state index contributed by atoms with van der Waals surface area (Å²) in [7, 11) is -1.93. The molecule has 3 heterocycles. The van der Waals surface area contributed by atoms with Gasteiger partial charge < -0.3 is 9.47 Å². The van der Waals surface area contributed by atoms with Gasteiger partial charge in [-0.1, -0.05) is 37.3 Å². The first-order chi connectivity index (χ1) is 15.7. The number of piperidine rings is 2. The van der Waals surface area contributed by atoms with Crippen LogP contribution < -0.4 is 4.72 Å². The van der Waals surface area contributed by atoms with E-state index in [1.54, 1.807) is 24.6 Å². The van der Waals surface area contributed by atoms with Crippen molar-refractivity contribution in [1.29, 1.82) is 0 Å². The summed E-state index contributed by atoms with van der Waals surface area (Å²) in [5.74, 6) is 0.548. The molecule has 7 nitrogen and oxygen atoms in total. The number of sulfonamides is 1. The Balaban J connectivity index is 1.39. The van der Waals surface area contributed by atoms with Gasteiger partial charge in [-0.05, 0) is 50.2 Å². The number of hydrogen-bond acceptors (Lipinski definition) is 4. The number of nitrogens with one attached hydrogen (secondary N) is 1. The van der Waals surface area contributed by atoms with E-state index in [1.807, 2.05) is 23.1 Å². The molecule has 0 radical (unpaired) electrons. The van der Waals surface area contributed by atoms with Gasteiger partial charge in [-0.2, -0.15) is 0 Å². The highest BCUT2D eigenvalue weighted by Crippen LogP contribution is 2.24. The molecule has 0 aliphatic carbocycles. The van der Waals surface area contributed by atoms with Crippen molar-refractivity contribution < 1.29 is 13.2 Å². The van der Waals surface area contributed by atoms with Gasteiger partial charge in [-0.3, -0.25) is 9.69 Å². The maximum atomic E-state index is 13.2. The van der Waals surface area contributed by atoms with Gasteiger partial charge in [-0.25, -0.2) is 13.1 Å². The van der Waals surface area contributed by atoms with E-state index >= 15 is 0 Å². The van der Waals surface area contributed by atoms with Gasteiger partial charge in [0.1, 0.15) is 10.6 Å². The van der Waals surface area contributed by atoms with Gasteiger partial charge in [0, 0.05) is 51.5 Å². The normalized spacial score (nSPS) is 19.2. The second-order valence-corrected chi connectivity index (χ2v) is 11.4. The lowest BCUT2D eigenvalue weighted by molar-refractivity contribution is 0.0687. The van der Waals surface area contributed by atoms with Crippen LogP contribution in [0.4, 0.5) is 0 Å². The number of amides is 1. The number of benzene rings is 1. The van der Waals surface area contributed by atoms with Crippen LogP contribution in [-0.4, -0.2) is 60.9 Å². The fraction of sp³-hybridized carbons (Fsp3) is 0.560. The molecule has 2 aliphatic heterocycles. The minimum Gasteiger partial charge on any atom is -0.343 e. The van der Waals surface area contributed by atoms with Crippen LogP contribution in [0.2, 0.25) is 0 Å². The van der Waals surface area contributed by atoms with E-state index in [9.17, 15) is 13.2 Å². The molecule has 0 atom stereocenters. The van der Waals surface area contributed by atoms with Gasteiger partial charge in [0.05, 0.1) is 0 Å². The van der Waals surface area contributed by atoms with Crippen LogP contribution in [0.3, 0.4) is 0 Å². The number of nitrogens with zero attached hydrogens (tertiary/aromatic N) is 3. The van der Waals surface area contributed by atoms with Gasteiger partial charge in [-0.15, -0.1) is 0 Å². The Kier molecular flexibility index (Phi) is 7.26. The average molecular weight is 473 g/mol. The number of rotatable bonds is 6. The highest BCUT2D eigenvalue weighted by molar-refractivity contribution is 7.89. The van der Waals surface area contributed by atoms with E-state index in [-0.39, 0.29) is 16.8 Å². The Hall–Kier alpha value is -2.16. The van der Waals surface area contributed by atoms with Gasteiger partial charge in [0.25, 0.3) is 5.91 Å². The van der Waals surface area contributed by atoms with Crippen LogP contribution in [0.15, 0.2) is 41.3 Å². The molecule has 1 amide bonds. The molecule has 2 aromatic rings. The molecule has 0 unspecified atom stereocenters. The van der Waals surface area contributed by atoms with E-state index in [0.717, 1.165) is 58.4 Å². The highest BCUT2D eigenvalue weighted by atomic mass is 32.2. The van der Waals surface area contributed by atoms with Crippen molar-refractivity contribution in [2.24, 2.45) is 13.0 Å². The molecular formula is C25H36N4O3S. The molecule has 0 spiro atoms. The standard InChI is InChI=1S/C25H36N4O3S/c1-19-9-15-29(16-10-19)25(30)23-17-24(20(2)27(23)3)33(31,32)26-22-11-13-28(14-12-22)18-21-7-5-4-6-8-21/h4-8,17,19,22,26H,9-16,18H2,1-3H3. The fourth-order valence-corrected chi connectivity index (χ4v) is 6.45. The Bertz CT molecular complexity index is 1060. The quantitative estimate of drug-likeness (QED) is 0.701. The lowest BCUT2D eigenvalue weighted by atomic mass is 9.99.